The summed E-state index contributed by atoms with van der Waals surface area (Å²) in [7, 11) is 1.62. The Labute approximate surface area is 107 Å². The van der Waals surface area contributed by atoms with Gasteiger partial charge < -0.3 is 19.3 Å². The van der Waals surface area contributed by atoms with Crippen LogP contribution in [-0.2, 0) is 4.74 Å². The summed E-state index contributed by atoms with van der Waals surface area (Å²) >= 11 is 0. The van der Waals surface area contributed by atoms with E-state index < -0.39 is 6.10 Å². The van der Waals surface area contributed by atoms with E-state index >= 15 is 0 Å². The quantitative estimate of drug-likeness (QED) is 0.893. The molecule has 1 saturated heterocycles. The number of rotatable bonds is 4. The van der Waals surface area contributed by atoms with E-state index in [1.165, 1.54) is 0 Å². The van der Waals surface area contributed by atoms with Crippen LogP contribution in [-0.4, -0.2) is 31.5 Å². The number of methoxy groups -OCH3 is 1. The number of hydrogen-bond acceptors (Lipinski definition) is 4. The van der Waals surface area contributed by atoms with Gasteiger partial charge in [0.15, 0.2) is 0 Å². The summed E-state index contributed by atoms with van der Waals surface area (Å²) in [6.45, 7) is 3.14. The van der Waals surface area contributed by atoms with Gasteiger partial charge in [0.25, 0.3) is 0 Å². The van der Waals surface area contributed by atoms with Crippen LogP contribution in [0.2, 0.25) is 0 Å². The van der Waals surface area contributed by atoms with Gasteiger partial charge >= 0.3 is 0 Å². The van der Waals surface area contributed by atoms with Crippen molar-refractivity contribution in [3.63, 3.8) is 0 Å². The highest BCUT2D eigenvalue weighted by molar-refractivity contribution is 5.42. The Balaban J connectivity index is 2.17. The van der Waals surface area contributed by atoms with Crippen LogP contribution in [0.5, 0.6) is 11.5 Å². The number of hydrogen-bond donors (Lipinski definition) is 1. The Bertz CT molecular complexity index is 383. The molecule has 0 amide bonds. The highest BCUT2D eigenvalue weighted by atomic mass is 16.5. The molecule has 1 aliphatic rings. The van der Waals surface area contributed by atoms with Crippen molar-refractivity contribution in [1.29, 1.82) is 0 Å². The highest BCUT2D eigenvalue weighted by Gasteiger charge is 2.18. The molecule has 0 bridgehead atoms. The lowest BCUT2D eigenvalue weighted by Gasteiger charge is -2.25. The van der Waals surface area contributed by atoms with Gasteiger partial charge in [-0.05, 0) is 31.9 Å². The predicted molar refractivity (Wildman–Crippen MR) is 68.1 cm³/mol. The van der Waals surface area contributed by atoms with Gasteiger partial charge in [0, 0.05) is 18.2 Å². The summed E-state index contributed by atoms with van der Waals surface area (Å²) in [5.74, 6) is 1.41. The average molecular weight is 252 g/mol. The van der Waals surface area contributed by atoms with Gasteiger partial charge in [0.2, 0.25) is 0 Å². The van der Waals surface area contributed by atoms with E-state index in [4.69, 9.17) is 14.2 Å². The standard InChI is InChI=1S/C14H20O4/c1-10(15)13-6-5-11(16-2)8-14(13)18-12-4-3-7-17-9-12/h5-6,8,10,12,15H,3-4,7,9H2,1-2H3. The Hall–Kier alpha value is -1.26. The second-order valence-electron chi connectivity index (χ2n) is 4.54. The van der Waals surface area contributed by atoms with E-state index in [0.717, 1.165) is 30.8 Å². The number of aliphatic hydroxyl groups is 1. The van der Waals surface area contributed by atoms with E-state index in [1.54, 1.807) is 14.0 Å². The molecule has 2 rings (SSSR count). The van der Waals surface area contributed by atoms with Crippen LogP contribution in [0, 0.1) is 0 Å². The molecule has 1 N–H and O–H groups in total. The predicted octanol–water partition coefficient (Wildman–Crippen LogP) is 2.31. The highest BCUT2D eigenvalue weighted by Crippen LogP contribution is 2.31. The fraction of sp³-hybridized carbons (Fsp3) is 0.571. The van der Waals surface area contributed by atoms with Gasteiger partial charge in [-0.1, -0.05) is 0 Å². The second-order valence-corrected chi connectivity index (χ2v) is 4.54. The van der Waals surface area contributed by atoms with Gasteiger partial charge in [-0.25, -0.2) is 0 Å². The summed E-state index contributed by atoms with van der Waals surface area (Å²) in [4.78, 5) is 0. The second kappa shape index (κ2) is 6.07. The summed E-state index contributed by atoms with van der Waals surface area (Å²) in [5, 5.41) is 9.75. The molecule has 4 nitrogen and oxygen atoms in total. The fourth-order valence-electron chi connectivity index (χ4n) is 2.07. The Morgan fingerprint density at radius 2 is 2.28 bits per heavy atom. The largest absolute Gasteiger partial charge is 0.497 e. The van der Waals surface area contributed by atoms with Gasteiger partial charge in [0.1, 0.15) is 17.6 Å². The summed E-state index contributed by atoms with van der Waals surface area (Å²) in [5.41, 5.74) is 0.779. The van der Waals surface area contributed by atoms with Gasteiger partial charge in [0.05, 0.1) is 19.8 Å². The molecule has 1 aromatic carbocycles. The molecular formula is C14H20O4. The smallest absolute Gasteiger partial charge is 0.129 e. The van der Waals surface area contributed by atoms with Crippen LogP contribution < -0.4 is 9.47 Å². The molecule has 1 aliphatic heterocycles. The SMILES string of the molecule is COc1ccc(C(C)O)c(OC2CCCOC2)c1. The maximum absolute atomic E-state index is 9.75. The normalized spacial score (nSPS) is 21.4. The Morgan fingerprint density at radius 1 is 1.44 bits per heavy atom. The number of benzene rings is 1. The molecule has 0 saturated carbocycles. The number of aliphatic hydroxyl groups excluding tert-OH is 1. The fourth-order valence-corrected chi connectivity index (χ4v) is 2.07. The third-order valence-electron chi connectivity index (χ3n) is 3.08. The minimum atomic E-state index is -0.560. The third-order valence-corrected chi connectivity index (χ3v) is 3.08. The zero-order chi connectivity index (χ0) is 13.0. The van der Waals surface area contributed by atoms with Gasteiger partial charge in [-0.15, -0.1) is 0 Å². The molecule has 2 atom stereocenters. The molecule has 1 aromatic rings. The van der Waals surface area contributed by atoms with Crippen LogP contribution in [0.25, 0.3) is 0 Å². The summed E-state index contributed by atoms with van der Waals surface area (Å²) in [6.07, 6.45) is 1.49. The molecule has 1 heterocycles. The molecule has 0 aliphatic carbocycles. The summed E-state index contributed by atoms with van der Waals surface area (Å²) < 4.78 is 16.5. The monoisotopic (exact) mass is 252 g/mol. The number of ether oxygens (including phenoxy) is 3. The van der Waals surface area contributed by atoms with Crippen molar-refractivity contribution in [2.45, 2.75) is 32.0 Å². The minimum Gasteiger partial charge on any atom is -0.497 e. The molecule has 0 aromatic heterocycles. The van der Waals surface area contributed by atoms with E-state index in [1.807, 2.05) is 18.2 Å². The molecule has 0 radical (unpaired) electrons. The topological polar surface area (TPSA) is 47.9 Å². The first-order valence-electron chi connectivity index (χ1n) is 6.31. The van der Waals surface area contributed by atoms with E-state index in [2.05, 4.69) is 0 Å². The minimum absolute atomic E-state index is 0.0587. The molecular weight excluding hydrogens is 232 g/mol. The van der Waals surface area contributed by atoms with E-state index in [0.29, 0.717) is 12.4 Å². The maximum Gasteiger partial charge on any atom is 0.129 e. The molecule has 0 spiro atoms. The van der Waals surface area contributed by atoms with Gasteiger partial charge in [-0.3, -0.25) is 0 Å². The lowest BCUT2D eigenvalue weighted by Crippen LogP contribution is -2.28. The molecule has 100 valence electrons. The van der Waals surface area contributed by atoms with Crippen molar-refractivity contribution in [2.24, 2.45) is 0 Å². The van der Waals surface area contributed by atoms with Crippen molar-refractivity contribution in [3.05, 3.63) is 23.8 Å². The first kappa shape index (κ1) is 13.2. The lowest BCUT2D eigenvalue weighted by atomic mass is 10.1. The van der Waals surface area contributed by atoms with Crippen molar-refractivity contribution >= 4 is 0 Å². The molecule has 4 heteroatoms. The van der Waals surface area contributed by atoms with E-state index in [-0.39, 0.29) is 6.10 Å². The Morgan fingerprint density at radius 3 is 2.89 bits per heavy atom. The molecule has 2 unspecified atom stereocenters. The summed E-state index contributed by atoms with van der Waals surface area (Å²) in [6, 6.07) is 5.48. The van der Waals surface area contributed by atoms with Crippen molar-refractivity contribution < 1.29 is 19.3 Å². The first-order valence-corrected chi connectivity index (χ1v) is 6.31. The Kier molecular flexibility index (Phi) is 4.44. The zero-order valence-electron chi connectivity index (χ0n) is 10.9. The lowest BCUT2D eigenvalue weighted by molar-refractivity contribution is 0.00605. The van der Waals surface area contributed by atoms with Gasteiger partial charge in [-0.2, -0.15) is 0 Å². The van der Waals surface area contributed by atoms with Crippen LogP contribution >= 0.6 is 0 Å². The average Bonchev–Trinajstić information content (AvgIpc) is 2.39. The van der Waals surface area contributed by atoms with Crippen LogP contribution in [0.1, 0.15) is 31.4 Å². The third kappa shape index (κ3) is 3.15. The zero-order valence-corrected chi connectivity index (χ0v) is 10.9. The molecule has 18 heavy (non-hydrogen) atoms. The van der Waals surface area contributed by atoms with Crippen molar-refractivity contribution in [2.75, 3.05) is 20.3 Å². The van der Waals surface area contributed by atoms with Crippen LogP contribution in [0.3, 0.4) is 0 Å². The maximum atomic E-state index is 9.75. The van der Waals surface area contributed by atoms with Crippen molar-refractivity contribution in [3.8, 4) is 11.5 Å². The van der Waals surface area contributed by atoms with Crippen LogP contribution in [0.15, 0.2) is 18.2 Å². The first-order chi connectivity index (χ1) is 8.70. The van der Waals surface area contributed by atoms with Crippen molar-refractivity contribution in [1.82, 2.24) is 0 Å². The molecule has 1 fully saturated rings. The van der Waals surface area contributed by atoms with Crippen LogP contribution in [0.4, 0.5) is 0 Å². The van der Waals surface area contributed by atoms with E-state index in [9.17, 15) is 5.11 Å².